The van der Waals surface area contributed by atoms with Crippen LogP contribution in [-0.2, 0) is 21.7 Å². The van der Waals surface area contributed by atoms with Crippen molar-refractivity contribution in [1.82, 2.24) is 20.1 Å². The van der Waals surface area contributed by atoms with Crippen LogP contribution < -0.4 is 5.32 Å². The number of nitrogens with zero attached hydrogens (tertiary/aromatic N) is 3. The third kappa shape index (κ3) is 3.72. The summed E-state index contributed by atoms with van der Waals surface area (Å²) in [6.07, 6.45) is 5.29. The number of aryl methyl sites for hydroxylation is 1. The van der Waals surface area contributed by atoms with Gasteiger partial charge in [-0.15, -0.1) is 0 Å². The van der Waals surface area contributed by atoms with Gasteiger partial charge < -0.3 is 10.2 Å². The number of rotatable bonds is 6. The van der Waals surface area contributed by atoms with Crippen molar-refractivity contribution in [2.45, 2.75) is 44.8 Å². The van der Waals surface area contributed by atoms with E-state index in [0.717, 1.165) is 28.9 Å². The SMILES string of the molecule is Cc1ccc(C2(C)NC(=O)N(CC(=O)N(Cc3cccnc3)C3CC3)C2=O)cc1. The van der Waals surface area contributed by atoms with Crippen LogP contribution in [0.3, 0.4) is 0 Å². The summed E-state index contributed by atoms with van der Waals surface area (Å²) in [7, 11) is 0. The normalized spacial score (nSPS) is 21.2. The topological polar surface area (TPSA) is 82.6 Å². The van der Waals surface area contributed by atoms with Gasteiger partial charge in [-0.3, -0.25) is 19.5 Å². The number of imide groups is 1. The van der Waals surface area contributed by atoms with Crippen molar-refractivity contribution < 1.29 is 14.4 Å². The number of pyridine rings is 1. The molecule has 2 aromatic rings. The minimum atomic E-state index is -1.17. The van der Waals surface area contributed by atoms with Crippen LogP contribution >= 0.6 is 0 Å². The van der Waals surface area contributed by atoms with Gasteiger partial charge in [0, 0.05) is 25.0 Å². The van der Waals surface area contributed by atoms with E-state index in [4.69, 9.17) is 0 Å². The summed E-state index contributed by atoms with van der Waals surface area (Å²) in [5.41, 5.74) is 1.52. The Kier molecular flexibility index (Phi) is 4.82. The predicted molar refractivity (Wildman–Crippen MR) is 107 cm³/mol. The Morgan fingerprint density at radius 1 is 1.24 bits per heavy atom. The van der Waals surface area contributed by atoms with Crippen LogP contribution in [0.4, 0.5) is 4.79 Å². The Bertz CT molecular complexity index is 940. The zero-order valence-corrected chi connectivity index (χ0v) is 16.6. The Hall–Kier alpha value is -3.22. The summed E-state index contributed by atoms with van der Waals surface area (Å²) in [6, 6.07) is 10.8. The van der Waals surface area contributed by atoms with E-state index in [0.29, 0.717) is 12.1 Å². The number of amides is 4. The maximum absolute atomic E-state index is 13.1. The zero-order chi connectivity index (χ0) is 20.6. The molecule has 1 N–H and O–H groups in total. The molecule has 4 amide bonds. The van der Waals surface area contributed by atoms with E-state index in [1.54, 1.807) is 24.2 Å². The fourth-order valence-corrected chi connectivity index (χ4v) is 3.64. The first-order chi connectivity index (χ1) is 13.9. The van der Waals surface area contributed by atoms with E-state index in [9.17, 15) is 14.4 Å². The molecule has 0 spiro atoms. The maximum Gasteiger partial charge on any atom is 0.325 e. The Balaban J connectivity index is 1.50. The molecule has 1 saturated heterocycles. The van der Waals surface area contributed by atoms with Gasteiger partial charge >= 0.3 is 6.03 Å². The highest BCUT2D eigenvalue weighted by Crippen LogP contribution is 2.31. The summed E-state index contributed by atoms with van der Waals surface area (Å²) in [4.78, 5) is 45.5. The molecule has 1 atom stereocenters. The van der Waals surface area contributed by atoms with Crippen LogP contribution in [0.25, 0.3) is 0 Å². The Morgan fingerprint density at radius 3 is 2.59 bits per heavy atom. The summed E-state index contributed by atoms with van der Waals surface area (Å²) in [5, 5.41) is 2.76. The molecule has 7 heteroatoms. The van der Waals surface area contributed by atoms with Gasteiger partial charge in [-0.2, -0.15) is 0 Å². The van der Waals surface area contributed by atoms with E-state index < -0.39 is 17.5 Å². The highest BCUT2D eigenvalue weighted by molar-refractivity contribution is 6.09. The summed E-state index contributed by atoms with van der Waals surface area (Å²) in [5.74, 6) is -0.634. The second-order valence-electron chi connectivity index (χ2n) is 7.93. The van der Waals surface area contributed by atoms with E-state index in [1.807, 2.05) is 43.3 Å². The highest BCUT2D eigenvalue weighted by Gasteiger charge is 2.50. The number of carbonyl (C=O) groups excluding carboxylic acids is 3. The molecule has 0 bridgehead atoms. The first kappa shape index (κ1) is 19.1. The van der Waals surface area contributed by atoms with E-state index in [2.05, 4.69) is 10.3 Å². The average molecular weight is 392 g/mol. The molecular weight excluding hydrogens is 368 g/mol. The van der Waals surface area contributed by atoms with Crippen molar-refractivity contribution in [2.75, 3.05) is 6.54 Å². The van der Waals surface area contributed by atoms with Gasteiger partial charge in [0.05, 0.1) is 0 Å². The molecular formula is C22H24N4O3. The molecule has 1 aliphatic carbocycles. The minimum absolute atomic E-state index is 0.159. The van der Waals surface area contributed by atoms with Crippen molar-refractivity contribution >= 4 is 17.8 Å². The van der Waals surface area contributed by atoms with Gasteiger partial charge in [0.2, 0.25) is 5.91 Å². The highest BCUT2D eigenvalue weighted by atomic mass is 16.2. The van der Waals surface area contributed by atoms with Gasteiger partial charge in [0.1, 0.15) is 12.1 Å². The number of aromatic nitrogens is 1. The van der Waals surface area contributed by atoms with E-state index in [-0.39, 0.29) is 18.5 Å². The van der Waals surface area contributed by atoms with Crippen molar-refractivity contribution in [3.63, 3.8) is 0 Å². The fraction of sp³-hybridized carbons (Fsp3) is 0.364. The Morgan fingerprint density at radius 2 is 1.97 bits per heavy atom. The van der Waals surface area contributed by atoms with Crippen LogP contribution in [0.15, 0.2) is 48.8 Å². The maximum atomic E-state index is 13.1. The number of benzene rings is 1. The number of urea groups is 1. The van der Waals surface area contributed by atoms with Gasteiger partial charge in [-0.05, 0) is 43.9 Å². The van der Waals surface area contributed by atoms with Crippen molar-refractivity contribution in [3.05, 3.63) is 65.5 Å². The molecule has 1 unspecified atom stereocenters. The van der Waals surface area contributed by atoms with Crippen LogP contribution in [-0.4, -0.2) is 45.2 Å². The van der Waals surface area contributed by atoms with Crippen LogP contribution in [0.5, 0.6) is 0 Å². The van der Waals surface area contributed by atoms with Crippen LogP contribution in [0, 0.1) is 6.92 Å². The molecule has 1 saturated carbocycles. The summed E-state index contributed by atoms with van der Waals surface area (Å²) >= 11 is 0. The molecule has 150 valence electrons. The van der Waals surface area contributed by atoms with Crippen LogP contribution in [0.1, 0.15) is 36.5 Å². The lowest BCUT2D eigenvalue weighted by Crippen LogP contribution is -2.45. The van der Waals surface area contributed by atoms with Crippen LogP contribution in [0.2, 0.25) is 0 Å². The molecule has 1 aliphatic heterocycles. The molecule has 7 nitrogen and oxygen atoms in total. The lowest BCUT2D eigenvalue weighted by Gasteiger charge is -2.25. The van der Waals surface area contributed by atoms with Gasteiger partial charge in [-0.25, -0.2) is 4.79 Å². The second kappa shape index (κ2) is 7.31. The number of hydrogen-bond acceptors (Lipinski definition) is 4. The third-order valence-corrected chi connectivity index (χ3v) is 5.58. The molecule has 0 radical (unpaired) electrons. The standard InChI is InChI=1S/C22H24N4O3/c1-15-5-7-17(8-6-15)22(2)20(28)26(21(29)24-22)14-19(27)25(18-9-10-18)13-16-4-3-11-23-12-16/h3-8,11-12,18H,9-10,13-14H2,1-2H3,(H,24,29). The van der Waals surface area contributed by atoms with Crippen molar-refractivity contribution in [1.29, 1.82) is 0 Å². The quantitative estimate of drug-likeness (QED) is 0.765. The monoisotopic (exact) mass is 392 g/mol. The molecule has 1 aromatic heterocycles. The Labute approximate surface area is 169 Å². The van der Waals surface area contributed by atoms with Gasteiger partial charge in [-0.1, -0.05) is 35.9 Å². The zero-order valence-electron chi connectivity index (χ0n) is 16.6. The minimum Gasteiger partial charge on any atom is -0.334 e. The third-order valence-electron chi connectivity index (χ3n) is 5.58. The summed E-state index contributed by atoms with van der Waals surface area (Å²) < 4.78 is 0. The smallest absolute Gasteiger partial charge is 0.325 e. The molecule has 2 heterocycles. The molecule has 4 rings (SSSR count). The van der Waals surface area contributed by atoms with E-state index in [1.165, 1.54) is 0 Å². The van der Waals surface area contributed by atoms with Gasteiger partial charge in [0.25, 0.3) is 5.91 Å². The fourth-order valence-electron chi connectivity index (χ4n) is 3.64. The molecule has 1 aromatic carbocycles. The van der Waals surface area contributed by atoms with E-state index >= 15 is 0 Å². The lowest BCUT2D eigenvalue weighted by molar-refractivity contribution is -0.139. The summed E-state index contributed by atoms with van der Waals surface area (Å²) in [6.45, 7) is 3.80. The predicted octanol–water partition coefficient (Wildman–Crippen LogP) is 2.35. The molecule has 2 aliphatic rings. The average Bonchev–Trinajstić information content (AvgIpc) is 3.52. The largest absolute Gasteiger partial charge is 0.334 e. The van der Waals surface area contributed by atoms with Gasteiger partial charge in [0.15, 0.2) is 0 Å². The van der Waals surface area contributed by atoms with Crippen molar-refractivity contribution in [2.24, 2.45) is 0 Å². The number of hydrogen-bond donors (Lipinski definition) is 1. The first-order valence-electron chi connectivity index (χ1n) is 9.78. The lowest BCUT2D eigenvalue weighted by atomic mass is 9.91. The molecule has 2 fully saturated rings. The first-order valence-corrected chi connectivity index (χ1v) is 9.78. The number of nitrogens with one attached hydrogen (secondary N) is 1. The number of carbonyl (C=O) groups is 3. The second-order valence-corrected chi connectivity index (χ2v) is 7.93. The van der Waals surface area contributed by atoms with Crippen molar-refractivity contribution in [3.8, 4) is 0 Å². The molecule has 29 heavy (non-hydrogen) atoms.